The van der Waals surface area contributed by atoms with E-state index in [2.05, 4.69) is 0 Å². The van der Waals surface area contributed by atoms with Crippen molar-refractivity contribution in [3.05, 3.63) is 24.0 Å². The number of nitrogens with two attached hydrogens (primary N) is 1. The largest absolute Gasteiger partial charge is 0.397 e. The molecule has 0 bridgehead atoms. The first kappa shape index (κ1) is 12.8. The first-order chi connectivity index (χ1) is 7.69. The maximum Gasteiger partial charge on any atom is 0.125 e. The Morgan fingerprint density at radius 1 is 1.38 bits per heavy atom. The van der Waals surface area contributed by atoms with E-state index in [4.69, 9.17) is 10.5 Å². The molecule has 0 spiro atoms. The molecule has 16 heavy (non-hydrogen) atoms. The van der Waals surface area contributed by atoms with Crippen LogP contribution in [0.4, 0.5) is 15.8 Å². The Bertz CT molecular complexity index is 331. The summed E-state index contributed by atoms with van der Waals surface area (Å²) in [7, 11) is 0. The van der Waals surface area contributed by atoms with Crippen LogP contribution in [-0.2, 0) is 4.74 Å². The lowest BCUT2D eigenvalue weighted by atomic mass is 10.2. The fourth-order valence-electron chi connectivity index (χ4n) is 1.56. The molecule has 0 saturated heterocycles. The van der Waals surface area contributed by atoms with Gasteiger partial charge < -0.3 is 15.4 Å². The van der Waals surface area contributed by atoms with Crippen molar-refractivity contribution >= 4 is 11.4 Å². The van der Waals surface area contributed by atoms with Gasteiger partial charge in [-0.25, -0.2) is 4.39 Å². The van der Waals surface area contributed by atoms with E-state index in [1.165, 1.54) is 12.1 Å². The number of hydrogen-bond acceptors (Lipinski definition) is 3. The number of halogens is 1. The SMILES string of the molecule is CCOCCN(CC)c1cc(F)ccc1N. The summed E-state index contributed by atoms with van der Waals surface area (Å²) in [5, 5.41) is 0. The van der Waals surface area contributed by atoms with E-state index in [1.54, 1.807) is 6.07 Å². The van der Waals surface area contributed by atoms with Crippen LogP contribution in [0.1, 0.15) is 13.8 Å². The molecule has 0 aliphatic heterocycles. The van der Waals surface area contributed by atoms with Gasteiger partial charge in [-0.15, -0.1) is 0 Å². The molecule has 0 fully saturated rings. The number of anilines is 2. The average Bonchev–Trinajstić information content (AvgIpc) is 2.28. The van der Waals surface area contributed by atoms with Crippen molar-refractivity contribution in [2.75, 3.05) is 36.9 Å². The molecule has 90 valence electrons. The van der Waals surface area contributed by atoms with Crippen LogP contribution in [0.15, 0.2) is 18.2 Å². The van der Waals surface area contributed by atoms with E-state index in [-0.39, 0.29) is 5.82 Å². The normalized spacial score (nSPS) is 10.4. The van der Waals surface area contributed by atoms with Gasteiger partial charge in [0.2, 0.25) is 0 Å². The maximum absolute atomic E-state index is 13.1. The molecule has 0 amide bonds. The molecule has 2 N–H and O–H groups in total. The van der Waals surface area contributed by atoms with E-state index in [0.717, 1.165) is 18.8 Å². The van der Waals surface area contributed by atoms with E-state index in [1.807, 2.05) is 18.7 Å². The van der Waals surface area contributed by atoms with Crippen LogP contribution in [0.3, 0.4) is 0 Å². The molecule has 0 heterocycles. The zero-order chi connectivity index (χ0) is 12.0. The van der Waals surface area contributed by atoms with Gasteiger partial charge in [-0.1, -0.05) is 0 Å². The van der Waals surface area contributed by atoms with Crippen molar-refractivity contribution in [1.29, 1.82) is 0 Å². The highest BCUT2D eigenvalue weighted by atomic mass is 19.1. The lowest BCUT2D eigenvalue weighted by Gasteiger charge is -2.24. The standard InChI is InChI=1S/C12H19FN2O/c1-3-15(7-8-16-4-2)12-9-10(13)5-6-11(12)14/h5-6,9H,3-4,7-8,14H2,1-2H3. The topological polar surface area (TPSA) is 38.5 Å². The van der Waals surface area contributed by atoms with Crippen molar-refractivity contribution in [1.82, 2.24) is 0 Å². The molecule has 1 rings (SSSR count). The fourth-order valence-corrected chi connectivity index (χ4v) is 1.56. The highest BCUT2D eigenvalue weighted by molar-refractivity contribution is 5.67. The molecule has 0 unspecified atom stereocenters. The van der Waals surface area contributed by atoms with Gasteiger partial charge in [-0.2, -0.15) is 0 Å². The number of likely N-dealkylation sites (N-methyl/N-ethyl adjacent to an activating group) is 1. The van der Waals surface area contributed by atoms with Crippen LogP contribution in [0.25, 0.3) is 0 Å². The Hall–Kier alpha value is -1.29. The van der Waals surface area contributed by atoms with Crippen LogP contribution >= 0.6 is 0 Å². The van der Waals surface area contributed by atoms with Crippen molar-refractivity contribution in [2.24, 2.45) is 0 Å². The lowest BCUT2D eigenvalue weighted by molar-refractivity contribution is 0.154. The van der Waals surface area contributed by atoms with Crippen LogP contribution in [0.5, 0.6) is 0 Å². The minimum Gasteiger partial charge on any atom is -0.397 e. The molecule has 0 aliphatic carbocycles. The highest BCUT2D eigenvalue weighted by Crippen LogP contribution is 2.23. The Morgan fingerprint density at radius 3 is 2.75 bits per heavy atom. The molecule has 1 aromatic rings. The summed E-state index contributed by atoms with van der Waals surface area (Å²) in [6.07, 6.45) is 0. The molecular formula is C12H19FN2O. The molecule has 1 aromatic carbocycles. The Labute approximate surface area is 96.0 Å². The maximum atomic E-state index is 13.1. The zero-order valence-corrected chi connectivity index (χ0v) is 9.87. The molecule has 0 radical (unpaired) electrons. The smallest absolute Gasteiger partial charge is 0.125 e. The monoisotopic (exact) mass is 226 g/mol. The highest BCUT2D eigenvalue weighted by Gasteiger charge is 2.08. The van der Waals surface area contributed by atoms with Gasteiger partial charge in [-0.05, 0) is 32.0 Å². The van der Waals surface area contributed by atoms with Gasteiger partial charge in [0.15, 0.2) is 0 Å². The minimum absolute atomic E-state index is 0.265. The second-order valence-corrected chi connectivity index (χ2v) is 3.48. The van der Waals surface area contributed by atoms with Crippen molar-refractivity contribution in [2.45, 2.75) is 13.8 Å². The van der Waals surface area contributed by atoms with Crippen molar-refractivity contribution in [3.8, 4) is 0 Å². The van der Waals surface area contributed by atoms with Gasteiger partial charge in [0.05, 0.1) is 18.0 Å². The summed E-state index contributed by atoms with van der Waals surface area (Å²) in [5.41, 5.74) is 7.16. The minimum atomic E-state index is -0.265. The van der Waals surface area contributed by atoms with Gasteiger partial charge in [0.25, 0.3) is 0 Å². The quantitative estimate of drug-likeness (QED) is 0.597. The Balaban J connectivity index is 2.73. The second-order valence-electron chi connectivity index (χ2n) is 3.48. The average molecular weight is 226 g/mol. The second kappa shape index (κ2) is 6.33. The van der Waals surface area contributed by atoms with E-state index >= 15 is 0 Å². The van der Waals surface area contributed by atoms with E-state index in [9.17, 15) is 4.39 Å². The molecule has 0 aliphatic rings. The predicted octanol–water partition coefficient (Wildman–Crippen LogP) is 2.27. The number of nitrogen functional groups attached to an aromatic ring is 1. The first-order valence-corrected chi connectivity index (χ1v) is 5.56. The van der Waals surface area contributed by atoms with Gasteiger partial charge in [0.1, 0.15) is 5.82 Å². The molecule has 4 heteroatoms. The lowest BCUT2D eigenvalue weighted by Crippen LogP contribution is -2.28. The van der Waals surface area contributed by atoms with Gasteiger partial charge in [-0.3, -0.25) is 0 Å². The third-order valence-corrected chi connectivity index (χ3v) is 2.42. The van der Waals surface area contributed by atoms with Crippen molar-refractivity contribution < 1.29 is 9.13 Å². The van der Waals surface area contributed by atoms with E-state index < -0.39 is 0 Å². The summed E-state index contributed by atoms with van der Waals surface area (Å²) in [4.78, 5) is 2.01. The van der Waals surface area contributed by atoms with Crippen LogP contribution in [0, 0.1) is 5.82 Å². The summed E-state index contributed by atoms with van der Waals surface area (Å²) in [6.45, 7) is 6.78. The number of benzene rings is 1. The Morgan fingerprint density at radius 2 is 2.12 bits per heavy atom. The van der Waals surface area contributed by atoms with Gasteiger partial charge >= 0.3 is 0 Å². The third-order valence-electron chi connectivity index (χ3n) is 2.42. The summed E-state index contributed by atoms with van der Waals surface area (Å²) in [6, 6.07) is 4.42. The fraction of sp³-hybridized carbons (Fsp3) is 0.500. The first-order valence-electron chi connectivity index (χ1n) is 5.56. The van der Waals surface area contributed by atoms with Gasteiger partial charge in [0, 0.05) is 19.7 Å². The molecule has 0 saturated carbocycles. The van der Waals surface area contributed by atoms with Crippen LogP contribution in [0.2, 0.25) is 0 Å². The predicted molar refractivity (Wildman–Crippen MR) is 65.2 cm³/mol. The van der Waals surface area contributed by atoms with E-state index in [0.29, 0.717) is 18.9 Å². The number of ether oxygens (including phenoxy) is 1. The Kier molecular flexibility index (Phi) is 5.05. The zero-order valence-electron chi connectivity index (χ0n) is 9.87. The summed E-state index contributed by atoms with van der Waals surface area (Å²) >= 11 is 0. The third kappa shape index (κ3) is 3.38. The number of hydrogen-bond donors (Lipinski definition) is 1. The number of rotatable bonds is 6. The van der Waals surface area contributed by atoms with Crippen molar-refractivity contribution in [3.63, 3.8) is 0 Å². The molecule has 0 aromatic heterocycles. The van der Waals surface area contributed by atoms with Crippen LogP contribution < -0.4 is 10.6 Å². The molecular weight excluding hydrogens is 207 g/mol. The molecule has 0 atom stereocenters. The van der Waals surface area contributed by atoms with Crippen LogP contribution in [-0.4, -0.2) is 26.3 Å². The number of nitrogens with zero attached hydrogens (tertiary/aromatic N) is 1. The summed E-state index contributed by atoms with van der Waals surface area (Å²) < 4.78 is 18.4. The molecule has 3 nitrogen and oxygen atoms in total. The summed E-state index contributed by atoms with van der Waals surface area (Å²) in [5.74, 6) is -0.265.